The normalized spacial score (nSPS) is 11.7. The largest absolute Gasteiger partial charge is 0.387 e. The molecule has 1 unspecified atom stereocenters. The summed E-state index contributed by atoms with van der Waals surface area (Å²) in [4.78, 5) is 23.4. The van der Waals surface area contributed by atoms with Gasteiger partial charge >= 0.3 is 11.8 Å². The molecule has 2 rings (SSSR count). The van der Waals surface area contributed by atoms with Gasteiger partial charge < -0.3 is 20.3 Å². The molecular weight excluding hydrogens is 294 g/mol. The zero-order valence-electron chi connectivity index (χ0n) is 13.0. The fraction of sp³-hybridized carbons (Fsp3) is 0.294. The van der Waals surface area contributed by atoms with Crippen LogP contribution >= 0.6 is 0 Å². The second kappa shape index (κ2) is 8.14. The molecule has 6 nitrogen and oxygen atoms in total. The van der Waals surface area contributed by atoms with Gasteiger partial charge in [0.15, 0.2) is 0 Å². The highest BCUT2D eigenvalue weighted by molar-refractivity contribution is 6.35. The number of carbonyl (C=O) groups excluding carboxylic acids is 2. The molecule has 0 aliphatic carbocycles. The number of aliphatic hydroxyl groups excluding tert-OH is 1. The predicted molar refractivity (Wildman–Crippen MR) is 86.3 cm³/mol. The number of amides is 2. The Hall–Kier alpha value is -2.60. The summed E-state index contributed by atoms with van der Waals surface area (Å²) >= 11 is 0. The minimum atomic E-state index is -0.694. The average molecular weight is 315 g/mol. The molecule has 2 aromatic rings. The first kappa shape index (κ1) is 16.8. The van der Waals surface area contributed by atoms with Crippen LogP contribution in [0.25, 0.3) is 0 Å². The third-order valence-electron chi connectivity index (χ3n) is 3.53. The van der Waals surface area contributed by atoms with Crippen LogP contribution in [0, 0.1) is 0 Å². The predicted octanol–water partition coefficient (Wildman–Crippen LogP) is 0.881. The van der Waals surface area contributed by atoms with Gasteiger partial charge in [0.25, 0.3) is 0 Å². The second-order valence-electron chi connectivity index (χ2n) is 5.27. The van der Waals surface area contributed by atoms with Crippen molar-refractivity contribution >= 4 is 11.8 Å². The highest BCUT2D eigenvalue weighted by atomic mass is 16.3. The monoisotopic (exact) mass is 315 g/mol. The second-order valence-corrected chi connectivity index (χ2v) is 5.27. The zero-order chi connectivity index (χ0) is 16.7. The molecule has 0 radical (unpaired) electrons. The summed E-state index contributed by atoms with van der Waals surface area (Å²) < 4.78 is 1.82. The summed E-state index contributed by atoms with van der Waals surface area (Å²) in [6.45, 7) is 0.531. The Morgan fingerprint density at radius 2 is 1.78 bits per heavy atom. The van der Waals surface area contributed by atoms with Gasteiger partial charge in [-0.2, -0.15) is 0 Å². The maximum absolute atomic E-state index is 11.7. The Morgan fingerprint density at radius 3 is 2.43 bits per heavy atom. The van der Waals surface area contributed by atoms with E-state index in [-0.39, 0.29) is 6.54 Å². The Kier molecular flexibility index (Phi) is 5.94. The Labute approximate surface area is 135 Å². The summed E-state index contributed by atoms with van der Waals surface area (Å²) in [6, 6.07) is 13.0. The first-order valence-electron chi connectivity index (χ1n) is 7.47. The van der Waals surface area contributed by atoms with Gasteiger partial charge in [-0.05, 0) is 24.1 Å². The molecule has 0 fully saturated rings. The van der Waals surface area contributed by atoms with Gasteiger partial charge in [0.1, 0.15) is 0 Å². The molecule has 0 saturated heterocycles. The van der Waals surface area contributed by atoms with Crippen molar-refractivity contribution in [3.63, 3.8) is 0 Å². The van der Waals surface area contributed by atoms with Crippen LogP contribution in [0.3, 0.4) is 0 Å². The van der Waals surface area contributed by atoms with Crippen molar-refractivity contribution in [2.75, 3.05) is 6.54 Å². The molecule has 1 aromatic carbocycles. The van der Waals surface area contributed by atoms with Gasteiger partial charge in [0, 0.05) is 32.0 Å². The first-order valence-corrected chi connectivity index (χ1v) is 7.47. The fourth-order valence-electron chi connectivity index (χ4n) is 2.23. The van der Waals surface area contributed by atoms with E-state index < -0.39 is 17.9 Å². The molecule has 122 valence electrons. The summed E-state index contributed by atoms with van der Waals surface area (Å²) in [5.41, 5.74) is 1.69. The van der Waals surface area contributed by atoms with Crippen LogP contribution in [-0.4, -0.2) is 28.0 Å². The summed E-state index contributed by atoms with van der Waals surface area (Å²) in [6.07, 6.45) is 1.51. The minimum Gasteiger partial charge on any atom is -0.387 e. The molecule has 0 bridgehead atoms. The lowest BCUT2D eigenvalue weighted by Gasteiger charge is -2.12. The van der Waals surface area contributed by atoms with Gasteiger partial charge in [0.05, 0.1) is 6.10 Å². The maximum atomic E-state index is 11.7. The van der Waals surface area contributed by atoms with Crippen molar-refractivity contribution in [2.45, 2.75) is 19.1 Å². The third-order valence-corrected chi connectivity index (χ3v) is 3.53. The molecule has 6 heteroatoms. The lowest BCUT2D eigenvalue weighted by atomic mass is 10.2. The SMILES string of the molecule is Cn1cccc1C(O)CCNC(=O)C(=O)NCc1ccccc1. The number of aliphatic hydroxyl groups is 1. The van der Waals surface area contributed by atoms with E-state index in [1.54, 1.807) is 0 Å². The molecule has 23 heavy (non-hydrogen) atoms. The van der Waals surface area contributed by atoms with Crippen LogP contribution in [0.2, 0.25) is 0 Å². The quantitative estimate of drug-likeness (QED) is 0.692. The van der Waals surface area contributed by atoms with E-state index in [1.165, 1.54) is 0 Å². The van der Waals surface area contributed by atoms with Crippen LogP contribution in [0.1, 0.15) is 23.8 Å². The zero-order valence-corrected chi connectivity index (χ0v) is 13.0. The van der Waals surface area contributed by atoms with Crippen molar-refractivity contribution in [1.29, 1.82) is 0 Å². The third kappa shape index (κ3) is 4.96. The number of benzene rings is 1. The van der Waals surface area contributed by atoms with Crippen LogP contribution in [0.5, 0.6) is 0 Å². The van der Waals surface area contributed by atoms with Crippen molar-refractivity contribution < 1.29 is 14.7 Å². The summed E-state index contributed by atoms with van der Waals surface area (Å²) in [5, 5.41) is 15.1. The lowest BCUT2D eigenvalue weighted by Crippen LogP contribution is -2.40. The number of nitrogens with zero attached hydrogens (tertiary/aromatic N) is 1. The maximum Gasteiger partial charge on any atom is 0.309 e. The van der Waals surface area contributed by atoms with Crippen LogP contribution in [0.4, 0.5) is 0 Å². The molecule has 0 spiro atoms. The van der Waals surface area contributed by atoms with Crippen molar-refractivity contribution in [3.8, 4) is 0 Å². The number of aromatic nitrogens is 1. The summed E-state index contributed by atoms with van der Waals surface area (Å²) in [5.74, 6) is -1.37. The first-order chi connectivity index (χ1) is 11.1. The topological polar surface area (TPSA) is 83.4 Å². The van der Waals surface area contributed by atoms with E-state index in [9.17, 15) is 14.7 Å². The van der Waals surface area contributed by atoms with Crippen LogP contribution < -0.4 is 10.6 Å². The van der Waals surface area contributed by atoms with Gasteiger partial charge in [0.2, 0.25) is 0 Å². The Morgan fingerprint density at radius 1 is 1.09 bits per heavy atom. The van der Waals surface area contributed by atoms with Gasteiger partial charge in [-0.25, -0.2) is 0 Å². The van der Waals surface area contributed by atoms with Crippen molar-refractivity contribution in [1.82, 2.24) is 15.2 Å². The molecule has 1 atom stereocenters. The standard InChI is InChI=1S/C17H21N3O3/c1-20-11-5-8-14(20)15(21)9-10-18-16(22)17(23)19-12-13-6-3-2-4-7-13/h2-8,11,15,21H,9-10,12H2,1H3,(H,18,22)(H,19,23). The number of nitrogens with one attached hydrogen (secondary N) is 2. The van der Waals surface area contributed by atoms with Crippen LogP contribution in [-0.2, 0) is 23.2 Å². The molecule has 1 aromatic heterocycles. The summed E-state index contributed by atoms with van der Waals surface area (Å²) in [7, 11) is 1.84. The molecule has 0 saturated carbocycles. The number of rotatable bonds is 6. The van der Waals surface area contributed by atoms with Crippen molar-refractivity contribution in [2.24, 2.45) is 7.05 Å². The molecule has 3 N–H and O–H groups in total. The van der Waals surface area contributed by atoms with E-state index >= 15 is 0 Å². The molecule has 1 heterocycles. The number of carbonyl (C=O) groups is 2. The van der Waals surface area contributed by atoms with E-state index in [2.05, 4.69) is 10.6 Å². The van der Waals surface area contributed by atoms with E-state index in [0.717, 1.165) is 11.3 Å². The van der Waals surface area contributed by atoms with Crippen LogP contribution in [0.15, 0.2) is 48.7 Å². The Bertz CT molecular complexity index is 652. The molecule has 2 amide bonds. The lowest BCUT2D eigenvalue weighted by molar-refractivity contribution is -0.139. The fourth-order valence-corrected chi connectivity index (χ4v) is 2.23. The van der Waals surface area contributed by atoms with Gasteiger partial charge in [-0.3, -0.25) is 9.59 Å². The number of aryl methyl sites for hydroxylation is 1. The Balaban J connectivity index is 1.70. The van der Waals surface area contributed by atoms with Gasteiger partial charge in [-0.1, -0.05) is 30.3 Å². The minimum absolute atomic E-state index is 0.226. The molecular formula is C17H21N3O3. The number of hydrogen-bond acceptors (Lipinski definition) is 3. The van der Waals surface area contributed by atoms with E-state index in [0.29, 0.717) is 13.0 Å². The molecule has 0 aliphatic heterocycles. The van der Waals surface area contributed by atoms with Gasteiger partial charge in [-0.15, -0.1) is 0 Å². The van der Waals surface area contributed by atoms with E-state index in [1.807, 2.05) is 60.3 Å². The van der Waals surface area contributed by atoms with Crippen molar-refractivity contribution in [3.05, 3.63) is 59.9 Å². The highest BCUT2D eigenvalue weighted by Gasteiger charge is 2.14. The van der Waals surface area contributed by atoms with E-state index in [4.69, 9.17) is 0 Å². The highest BCUT2D eigenvalue weighted by Crippen LogP contribution is 2.15. The number of hydrogen-bond donors (Lipinski definition) is 3. The smallest absolute Gasteiger partial charge is 0.309 e. The molecule has 0 aliphatic rings. The average Bonchev–Trinajstić information content (AvgIpc) is 2.99.